The average molecular weight is 251 g/mol. The van der Waals surface area contributed by atoms with Crippen molar-refractivity contribution in [3.05, 3.63) is 30.1 Å². The van der Waals surface area contributed by atoms with Gasteiger partial charge in [-0.25, -0.2) is 0 Å². The number of hydrogen-bond donors (Lipinski definition) is 1. The first kappa shape index (κ1) is 14.6. The van der Waals surface area contributed by atoms with Gasteiger partial charge in [0.05, 0.1) is 12.3 Å². The Balaban J connectivity index is 0.000000980. The number of ether oxygens (including phenoxy) is 1. The lowest BCUT2D eigenvalue weighted by Crippen LogP contribution is -2.24. The van der Waals surface area contributed by atoms with E-state index in [1.807, 2.05) is 18.2 Å². The van der Waals surface area contributed by atoms with Crippen molar-refractivity contribution in [1.82, 2.24) is 10.3 Å². The summed E-state index contributed by atoms with van der Waals surface area (Å²) in [6, 6.07) is 5.88. The molecule has 0 saturated carbocycles. The predicted molar refractivity (Wildman–Crippen MR) is 64.5 cm³/mol. The van der Waals surface area contributed by atoms with Crippen LogP contribution in [0.4, 0.5) is 0 Å². The van der Waals surface area contributed by atoms with Crippen LogP contribution in [-0.4, -0.2) is 17.8 Å². The molecule has 2 heterocycles. The van der Waals surface area contributed by atoms with Crippen molar-refractivity contribution in [3.8, 4) is 0 Å². The Morgan fingerprint density at radius 3 is 2.87 bits per heavy atom. The lowest BCUT2D eigenvalue weighted by molar-refractivity contribution is 0.0293. The molecular formula is C10H16Cl2N2O. The zero-order valence-electron chi connectivity index (χ0n) is 8.39. The number of rotatable bonds is 3. The van der Waals surface area contributed by atoms with Gasteiger partial charge in [-0.15, -0.1) is 24.8 Å². The summed E-state index contributed by atoms with van der Waals surface area (Å²) in [7, 11) is 0. The van der Waals surface area contributed by atoms with Crippen LogP contribution in [0.5, 0.6) is 0 Å². The molecule has 0 unspecified atom stereocenters. The van der Waals surface area contributed by atoms with E-state index in [9.17, 15) is 0 Å². The van der Waals surface area contributed by atoms with E-state index in [-0.39, 0.29) is 31.0 Å². The lowest BCUT2D eigenvalue weighted by atomic mass is 10.3. The normalized spacial score (nSPS) is 19.1. The van der Waals surface area contributed by atoms with Crippen molar-refractivity contribution >= 4 is 24.8 Å². The van der Waals surface area contributed by atoms with Crippen molar-refractivity contribution in [3.63, 3.8) is 0 Å². The molecule has 1 aromatic rings. The number of nitrogens with zero attached hydrogens (tertiary/aromatic N) is 1. The molecule has 5 heteroatoms. The van der Waals surface area contributed by atoms with Crippen LogP contribution in [0, 0.1) is 0 Å². The van der Waals surface area contributed by atoms with E-state index in [0.29, 0.717) is 6.61 Å². The number of pyridine rings is 1. The molecule has 2 rings (SSSR count). The van der Waals surface area contributed by atoms with Gasteiger partial charge in [0.25, 0.3) is 0 Å². The number of hydrogen-bond acceptors (Lipinski definition) is 3. The van der Waals surface area contributed by atoms with E-state index in [1.54, 1.807) is 6.20 Å². The van der Waals surface area contributed by atoms with Crippen LogP contribution in [0.15, 0.2) is 24.4 Å². The van der Waals surface area contributed by atoms with E-state index in [4.69, 9.17) is 4.74 Å². The molecule has 0 aliphatic carbocycles. The van der Waals surface area contributed by atoms with Gasteiger partial charge in [0.1, 0.15) is 6.23 Å². The van der Waals surface area contributed by atoms with Gasteiger partial charge in [-0.3, -0.25) is 10.3 Å². The van der Waals surface area contributed by atoms with Crippen LogP contribution >= 0.6 is 24.8 Å². The van der Waals surface area contributed by atoms with Crippen LogP contribution in [0.25, 0.3) is 0 Å². The fourth-order valence-electron chi connectivity index (χ4n) is 1.46. The van der Waals surface area contributed by atoms with Gasteiger partial charge in [0.15, 0.2) is 0 Å². The first-order valence-electron chi connectivity index (χ1n) is 4.70. The van der Waals surface area contributed by atoms with E-state index in [1.165, 1.54) is 6.42 Å². The van der Waals surface area contributed by atoms with E-state index < -0.39 is 0 Å². The summed E-state index contributed by atoms with van der Waals surface area (Å²) in [5, 5.41) is 3.28. The zero-order valence-corrected chi connectivity index (χ0v) is 10.0. The first-order chi connectivity index (χ1) is 6.45. The third kappa shape index (κ3) is 4.80. The van der Waals surface area contributed by atoms with Crippen LogP contribution in [0.1, 0.15) is 18.5 Å². The highest BCUT2D eigenvalue weighted by Gasteiger charge is 2.13. The Bertz CT molecular complexity index is 253. The Hall–Kier alpha value is -0.350. The highest BCUT2D eigenvalue weighted by molar-refractivity contribution is 5.85. The molecule has 0 amide bonds. The molecule has 1 fully saturated rings. The minimum absolute atomic E-state index is 0. The van der Waals surface area contributed by atoms with Gasteiger partial charge in [0, 0.05) is 6.20 Å². The Morgan fingerprint density at radius 1 is 1.40 bits per heavy atom. The molecule has 1 N–H and O–H groups in total. The maximum absolute atomic E-state index is 5.62. The van der Waals surface area contributed by atoms with Crippen LogP contribution < -0.4 is 5.32 Å². The molecule has 1 aliphatic heterocycles. The SMILES string of the molecule is Cl.Cl.c1ccc(CO[C@@H]2CCCN2)nc1. The van der Waals surface area contributed by atoms with Crippen LogP contribution in [0.3, 0.4) is 0 Å². The molecule has 1 atom stereocenters. The molecule has 0 radical (unpaired) electrons. The van der Waals surface area contributed by atoms with Gasteiger partial charge in [-0.05, 0) is 31.5 Å². The smallest absolute Gasteiger partial charge is 0.108 e. The van der Waals surface area contributed by atoms with E-state index in [2.05, 4.69) is 10.3 Å². The molecular weight excluding hydrogens is 235 g/mol. The van der Waals surface area contributed by atoms with E-state index >= 15 is 0 Å². The molecule has 0 bridgehead atoms. The highest BCUT2D eigenvalue weighted by Crippen LogP contribution is 2.08. The summed E-state index contributed by atoms with van der Waals surface area (Å²) < 4.78 is 5.62. The largest absolute Gasteiger partial charge is 0.357 e. The minimum Gasteiger partial charge on any atom is -0.357 e. The van der Waals surface area contributed by atoms with Gasteiger partial charge < -0.3 is 4.74 Å². The molecule has 1 saturated heterocycles. The van der Waals surface area contributed by atoms with Crippen LogP contribution in [-0.2, 0) is 11.3 Å². The van der Waals surface area contributed by atoms with Crippen molar-refractivity contribution in [2.24, 2.45) is 0 Å². The third-order valence-corrected chi connectivity index (χ3v) is 2.17. The second-order valence-electron chi connectivity index (χ2n) is 3.22. The van der Waals surface area contributed by atoms with Crippen molar-refractivity contribution in [1.29, 1.82) is 0 Å². The summed E-state index contributed by atoms with van der Waals surface area (Å²) in [4.78, 5) is 4.19. The molecule has 3 nitrogen and oxygen atoms in total. The Morgan fingerprint density at radius 2 is 2.27 bits per heavy atom. The highest BCUT2D eigenvalue weighted by atomic mass is 35.5. The number of halogens is 2. The van der Waals surface area contributed by atoms with E-state index in [0.717, 1.165) is 18.7 Å². The maximum Gasteiger partial charge on any atom is 0.108 e. The van der Waals surface area contributed by atoms with Gasteiger partial charge in [-0.1, -0.05) is 6.07 Å². The minimum atomic E-state index is 0. The number of aromatic nitrogens is 1. The molecule has 0 aromatic carbocycles. The fourth-order valence-corrected chi connectivity index (χ4v) is 1.46. The Labute approximate surface area is 102 Å². The first-order valence-corrected chi connectivity index (χ1v) is 4.70. The fraction of sp³-hybridized carbons (Fsp3) is 0.500. The van der Waals surface area contributed by atoms with Gasteiger partial charge in [-0.2, -0.15) is 0 Å². The summed E-state index contributed by atoms with van der Waals surface area (Å²) >= 11 is 0. The summed E-state index contributed by atoms with van der Waals surface area (Å²) in [5.41, 5.74) is 0.996. The van der Waals surface area contributed by atoms with Gasteiger partial charge in [0.2, 0.25) is 0 Å². The van der Waals surface area contributed by atoms with Gasteiger partial charge >= 0.3 is 0 Å². The van der Waals surface area contributed by atoms with Crippen LogP contribution in [0.2, 0.25) is 0 Å². The topological polar surface area (TPSA) is 34.1 Å². The van der Waals surface area contributed by atoms with Crippen molar-refractivity contribution < 1.29 is 4.74 Å². The maximum atomic E-state index is 5.62. The molecule has 86 valence electrons. The average Bonchev–Trinajstić information content (AvgIpc) is 2.69. The Kier molecular flexibility index (Phi) is 7.70. The molecule has 1 aromatic heterocycles. The standard InChI is InChI=1S/C10H14N2O.2ClH/c1-2-6-11-9(4-1)8-13-10-5-3-7-12-10;;/h1-2,4,6,10,12H,3,5,7-8H2;2*1H/t10-;;/m1../s1. The zero-order chi connectivity index (χ0) is 8.93. The summed E-state index contributed by atoms with van der Waals surface area (Å²) in [5.74, 6) is 0. The summed E-state index contributed by atoms with van der Waals surface area (Å²) in [6.07, 6.45) is 4.36. The quantitative estimate of drug-likeness (QED) is 0.893. The third-order valence-electron chi connectivity index (χ3n) is 2.17. The second kappa shape index (κ2) is 7.88. The lowest BCUT2D eigenvalue weighted by Gasteiger charge is -2.10. The monoisotopic (exact) mass is 250 g/mol. The molecule has 1 aliphatic rings. The summed E-state index contributed by atoms with van der Waals surface area (Å²) in [6.45, 7) is 1.69. The predicted octanol–water partition coefficient (Wildman–Crippen LogP) is 2.15. The number of nitrogens with one attached hydrogen (secondary N) is 1. The van der Waals surface area contributed by atoms with Crippen molar-refractivity contribution in [2.45, 2.75) is 25.7 Å². The second-order valence-corrected chi connectivity index (χ2v) is 3.22. The molecule has 0 spiro atoms. The van der Waals surface area contributed by atoms with Crippen molar-refractivity contribution in [2.75, 3.05) is 6.54 Å². The molecule has 15 heavy (non-hydrogen) atoms.